The van der Waals surface area contributed by atoms with Gasteiger partial charge in [-0.15, -0.1) is 0 Å². The normalized spacial score (nSPS) is 20.9. The lowest BCUT2D eigenvalue weighted by Crippen LogP contribution is -2.37. The van der Waals surface area contributed by atoms with Gasteiger partial charge in [-0.2, -0.15) is 5.10 Å². The molecule has 2 aromatic heterocycles. The van der Waals surface area contributed by atoms with Crippen LogP contribution in [-0.2, 0) is 6.54 Å². The van der Waals surface area contributed by atoms with Crippen molar-refractivity contribution in [3.8, 4) is 0 Å². The molecule has 4 rings (SSSR count). The van der Waals surface area contributed by atoms with E-state index in [1.54, 1.807) is 23.1 Å². The van der Waals surface area contributed by atoms with Gasteiger partial charge in [0.1, 0.15) is 0 Å². The summed E-state index contributed by atoms with van der Waals surface area (Å²) in [5.74, 6) is 0.552. The highest BCUT2D eigenvalue weighted by Crippen LogP contribution is 2.38. The molecule has 1 saturated heterocycles. The maximum Gasteiger partial charge on any atom is 0.266 e. The number of halogens is 1. The van der Waals surface area contributed by atoms with Crippen LogP contribution in [-0.4, -0.2) is 27.4 Å². The molecule has 5 nitrogen and oxygen atoms in total. The van der Waals surface area contributed by atoms with E-state index in [0.29, 0.717) is 17.5 Å². The Morgan fingerprint density at radius 3 is 2.87 bits per heavy atom. The molecule has 0 aromatic carbocycles. The summed E-state index contributed by atoms with van der Waals surface area (Å²) in [7, 11) is 0. The van der Waals surface area contributed by atoms with Crippen LogP contribution in [0.5, 0.6) is 0 Å². The molecule has 1 aliphatic carbocycles. The quantitative estimate of drug-likeness (QED) is 0.865. The molecule has 2 fully saturated rings. The summed E-state index contributed by atoms with van der Waals surface area (Å²) in [6.07, 6.45) is 7.95. The summed E-state index contributed by atoms with van der Waals surface area (Å²) < 4.78 is 1.63. The summed E-state index contributed by atoms with van der Waals surface area (Å²) in [4.78, 5) is 18.5. The van der Waals surface area contributed by atoms with Gasteiger partial charge in [0.25, 0.3) is 5.56 Å². The van der Waals surface area contributed by atoms with Crippen LogP contribution in [0.2, 0.25) is 5.02 Å². The van der Waals surface area contributed by atoms with Gasteiger partial charge in [-0.3, -0.25) is 9.78 Å². The average molecular weight is 331 g/mol. The topological polar surface area (TPSA) is 51.0 Å². The van der Waals surface area contributed by atoms with Crippen molar-refractivity contribution >= 4 is 17.3 Å². The first-order valence-corrected chi connectivity index (χ1v) is 8.54. The van der Waals surface area contributed by atoms with Crippen molar-refractivity contribution in [2.75, 3.05) is 11.4 Å². The monoisotopic (exact) mass is 330 g/mol. The lowest BCUT2D eigenvalue weighted by molar-refractivity contribution is 0.482. The van der Waals surface area contributed by atoms with Crippen LogP contribution in [0.1, 0.15) is 37.3 Å². The first kappa shape index (κ1) is 14.7. The Morgan fingerprint density at radius 2 is 2.09 bits per heavy atom. The lowest BCUT2D eigenvalue weighted by atomic mass is 10.2. The molecule has 0 N–H and O–H groups in total. The fraction of sp³-hybridized carbons (Fsp3) is 0.471. The minimum Gasteiger partial charge on any atom is -0.365 e. The van der Waals surface area contributed by atoms with E-state index in [1.807, 2.05) is 12.1 Å². The van der Waals surface area contributed by atoms with E-state index >= 15 is 0 Å². The highest BCUT2D eigenvalue weighted by Gasteiger charge is 2.29. The number of rotatable bonds is 4. The van der Waals surface area contributed by atoms with Crippen molar-refractivity contribution in [1.29, 1.82) is 0 Å². The van der Waals surface area contributed by atoms with Crippen molar-refractivity contribution < 1.29 is 0 Å². The molecule has 6 heteroatoms. The molecule has 3 heterocycles. The highest BCUT2D eigenvalue weighted by atomic mass is 35.5. The zero-order valence-electron chi connectivity index (χ0n) is 12.9. The van der Waals surface area contributed by atoms with Crippen molar-refractivity contribution in [2.45, 2.75) is 44.2 Å². The van der Waals surface area contributed by atoms with Crippen LogP contribution in [0, 0.1) is 0 Å². The molecule has 1 atom stereocenters. The van der Waals surface area contributed by atoms with E-state index in [0.717, 1.165) is 30.8 Å². The number of hydrogen-bond donors (Lipinski definition) is 0. The third kappa shape index (κ3) is 2.98. The van der Waals surface area contributed by atoms with Crippen LogP contribution in [0.3, 0.4) is 0 Å². The second kappa shape index (κ2) is 5.96. The third-order valence-corrected chi connectivity index (χ3v) is 5.00. The molecule has 120 valence electrons. The number of hydrogen-bond acceptors (Lipinski definition) is 4. The van der Waals surface area contributed by atoms with Gasteiger partial charge in [0.15, 0.2) is 0 Å². The Balaban J connectivity index is 1.59. The van der Waals surface area contributed by atoms with Crippen LogP contribution < -0.4 is 10.5 Å². The molecule has 1 saturated carbocycles. The number of pyridine rings is 1. The number of anilines is 1. The van der Waals surface area contributed by atoms with Crippen molar-refractivity contribution in [3.63, 3.8) is 0 Å². The van der Waals surface area contributed by atoms with Crippen molar-refractivity contribution in [2.24, 2.45) is 0 Å². The average Bonchev–Trinajstić information content (AvgIpc) is 3.30. The summed E-state index contributed by atoms with van der Waals surface area (Å²) in [6, 6.07) is 5.72. The molecule has 0 radical (unpaired) electrons. The molecular formula is C17H19ClN4O. The largest absolute Gasteiger partial charge is 0.365 e. The van der Waals surface area contributed by atoms with Crippen LogP contribution >= 0.6 is 11.6 Å². The van der Waals surface area contributed by atoms with E-state index in [2.05, 4.69) is 15.0 Å². The maximum atomic E-state index is 12.2. The predicted molar refractivity (Wildman–Crippen MR) is 90.1 cm³/mol. The Bertz CT molecular complexity index is 771. The van der Waals surface area contributed by atoms with Crippen LogP contribution in [0.15, 0.2) is 35.4 Å². The summed E-state index contributed by atoms with van der Waals surface area (Å²) in [5, 5.41) is 5.24. The fourth-order valence-electron chi connectivity index (χ4n) is 3.34. The lowest BCUT2D eigenvalue weighted by Gasteiger charge is -2.27. The third-order valence-electron chi connectivity index (χ3n) is 4.70. The number of nitrogens with zero attached hydrogens (tertiary/aromatic N) is 4. The molecular weight excluding hydrogens is 312 g/mol. The van der Waals surface area contributed by atoms with E-state index in [-0.39, 0.29) is 11.6 Å². The molecule has 0 amide bonds. The van der Waals surface area contributed by atoms with Gasteiger partial charge in [-0.25, -0.2) is 4.68 Å². The van der Waals surface area contributed by atoms with Crippen molar-refractivity contribution in [3.05, 3.63) is 51.7 Å². The first-order valence-electron chi connectivity index (χ1n) is 8.16. The SMILES string of the molecule is O=c1ccc(C2CC2)nn1CC1CCCN1c1ccncc1Cl. The maximum absolute atomic E-state index is 12.2. The van der Waals surface area contributed by atoms with Crippen molar-refractivity contribution in [1.82, 2.24) is 14.8 Å². The van der Waals surface area contributed by atoms with Gasteiger partial charge in [-0.1, -0.05) is 11.6 Å². The second-order valence-corrected chi connectivity index (χ2v) is 6.78. The van der Waals surface area contributed by atoms with Gasteiger partial charge in [-0.05, 0) is 37.8 Å². The molecule has 2 aliphatic rings. The summed E-state index contributed by atoms with van der Waals surface area (Å²) in [5.41, 5.74) is 2.02. The second-order valence-electron chi connectivity index (χ2n) is 6.37. The summed E-state index contributed by atoms with van der Waals surface area (Å²) in [6.45, 7) is 1.56. The molecule has 2 aromatic rings. The minimum atomic E-state index is -0.0259. The van der Waals surface area contributed by atoms with Gasteiger partial charge in [0, 0.05) is 37.0 Å². The standard InChI is InChI=1S/C17H19ClN4O/c18-14-10-19-8-7-16(14)21-9-1-2-13(21)11-22-17(23)6-5-15(20-22)12-3-4-12/h5-8,10,12-13H,1-4,9,11H2. The Hall–Kier alpha value is -1.88. The highest BCUT2D eigenvalue weighted by molar-refractivity contribution is 6.33. The van der Waals surface area contributed by atoms with Crippen LogP contribution in [0.25, 0.3) is 0 Å². The molecule has 1 aliphatic heterocycles. The summed E-state index contributed by atoms with van der Waals surface area (Å²) >= 11 is 6.29. The Labute approximate surface area is 139 Å². The molecule has 23 heavy (non-hydrogen) atoms. The first-order chi connectivity index (χ1) is 11.2. The fourth-order valence-corrected chi connectivity index (χ4v) is 3.56. The van der Waals surface area contributed by atoms with E-state index < -0.39 is 0 Å². The predicted octanol–water partition coefficient (Wildman–Crippen LogP) is 2.84. The van der Waals surface area contributed by atoms with E-state index in [1.165, 1.54) is 12.8 Å². The van der Waals surface area contributed by atoms with E-state index in [4.69, 9.17) is 11.6 Å². The Morgan fingerprint density at radius 1 is 1.22 bits per heavy atom. The van der Waals surface area contributed by atoms with E-state index in [9.17, 15) is 4.79 Å². The van der Waals surface area contributed by atoms with Gasteiger partial charge in [0.05, 0.1) is 22.9 Å². The number of aromatic nitrogens is 3. The van der Waals surface area contributed by atoms with Gasteiger partial charge in [0.2, 0.25) is 0 Å². The van der Waals surface area contributed by atoms with Gasteiger partial charge < -0.3 is 4.90 Å². The zero-order chi connectivity index (χ0) is 15.8. The van der Waals surface area contributed by atoms with Gasteiger partial charge >= 0.3 is 0 Å². The zero-order valence-corrected chi connectivity index (χ0v) is 13.6. The van der Waals surface area contributed by atoms with Crippen LogP contribution in [0.4, 0.5) is 5.69 Å². The molecule has 0 spiro atoms. The minimum absolute atomic E-state index is 0.0259. The Kier molecular flexibility index (Phi) is 3.81. The molecule has 1 unspecified atom stereocenters. The molecule has 0 bridgehead atoms. The smallest absolute Gasteiger partial charge is 0.266 e.